The minimum atomic E-state index is -4.74. The number of nitrogens with zero attached hydrogens (tertiary/aromatic N) is 6. The monoisotopic (exact) mass is 756 g/mol. The van der Waals surface area contributed by atoms with Gasteiger partial charge in [0.25, 0.3) is 0 Å². The SMILES string of the molecule is Cc1ccc([C@@H](c2ccn3c(C(F)(F)F)nnc3c2C)C(C)(C)C(=O)O)cc1CN1CC2(CC2)Oc2nc(OCCN3CCCCC3)ccc2S1(=O)=O. The maximum absolute atomic E-state index is 14.3. The van der Waals surface area contributed by atoms with E-state index in [0.717, 1.165) is 29.6 Å². The molecule has 1 atom stereocenters. The van der Waals surface area contributed by atoms with Crippen LogP contribution in [0.1, 0.15) is 85.5 Å². The Morgan fingerprint density at radius 3 is 2.47 bits per heavy atom. The maximum Gasteiger partial charge on any atom is 0.452 e. The molecule has 2 fully saturated rings. The molecule has 1 N–H and O–H groups in total. The van der Waals surface area contributed by atoms with Crippen LogP contribution in [0.15, 0.2) is 47.5 Å². The Balaban J connectivity index is 1.21. The number of likely N-dealkylation sites (tertiary alicyclic amines) is 1. The highest BCUT2D eigenvalue weighted by molar-refractivity contribution is 7.89. The summed E-state index contributed by atoms with van der Waals surface area (Å²) in [5.41, 5.74) is 0.559. The van der Waals surface area contributed by atoms with Gasteiger partial charge < -0.3 is 14.6 Å². The van der Waals surface area contributed by atoms with Crippen molar-refractivity contribution in [3.63, 3.8) is 0 Å². The number of rotatable bonds is 10. The van der Waals surface area contributed by atoms with E-state index in [2.05, 4.69) is 20.1 Å². The lowest BCUT2D eigenvalue weighted by Crippen LogP contribution is -2.38. The fraction of sp³-hybridized carbons (Fsp3) is 0.514. The molecule has 7 rings (SSSR count). The van der Waals surface area contributed by atoms with Crippen molar-refractivity contribution in [2.24, 2.45) is 5.41 Å². The Kier molecular flexibility index (Phi) is 9.46. The summed E-state index contributed by atoms with van der Waals surface area (Å²) in [7, 11) is -4.11. The standard InChI is InChI=1S/C37H43F3N6O6S/c1-23-8-9-25(30(35(3,4)34(47)48)27-12-17-46-31(24(27)2)42-43-33(46)37(38,39)40)20-26(23)21-45-22-36(13-14-36)52-32-28(53(45,49)50)10-11-29(41-32)51-19-18-44-15-6-5-7-16-44/h8-12,17,20,30H,5-7,13-16,18-19,21-22H2,1-4H3,(H,47,48)/t30-/m0/s1. The van der Waals surface area contributed by atoms with Crippen molar-refractivity contribution in [2.75, 3.05) is 32.8 Å². The summed E-state index contributed by atoms with van der Waals surface area (Å²) in [6.45, 7) is 9.85. The van der Waals surface area contributed by atoms with E-state index in [9.17, 15) is 31.5 Å². The zero-order chi connectivity index (χ0) is 37.9. The van der Waals surface area contributed by atoms with Crippen LogP contribution in [-0.2, 0) is 27.5 Å². The number of pyridine rings is 2. The molecular formula is C37H43F3N6O6S. The molecule has 1 saturated carbocycles. The number of benzene rings is 1. The average molecular weight is 757 g/mol. The maximum atomic E-state index is 14.3. The topological polar surface area (TPSA) is 139 Å². The van der Waals surface area contributed by atoms with E-state index in [1.165, 1.54) is 41.9 Å². The first-order chi connectivity index (χ1) is 25.0. The highest BCUT2D eigenvalue weighted by atomic mass is 32.2. The molecule has 1 aliphatic carbocycles. The molecule has 0 unspecified atom stereocenters. The molecule has 0 amide bonds. The number of carbonyl (C=O) groups is 1. The quantitative estimate of drug-likeness (QED) is 0.206. The Morgan fingerprint density at radius 2 is 1.79 bits per heavy atom. The predicted molar refractivity (Wildman–Crippen MR) is 187 cm³/mol. The second kappa shape index (κ2) is 13.5. The summed E-state index contributed by atoms with van der Waals surface area (Å²) < 4.78 is 84.0. The van der Waals surface area contributed by atoms with Crippen molar-refractivity contribution in [1.82, 2.24) is 28.8 Å². The van der Waals surface area contributed by atoms with E-state index in [4.69, 9.17) is 9.47 Å². The van der Waals surface area contributed by atoms with Gasteiger partial charge in [-0.05, 0) is 106 Å². The number of alkyl halides is 3. The molecule has 12 nitrogen and oxygen atoms in total. The normalized spacial score (nSPS) is 19.4. The summed E-state index contributed by atoms with van der Waals surface area (Å²) in [5.74, 6) is -2.85. The summed E-state index contributed by atoms with van der Waals surface area (Å²) in [4.78, 5) is 19.6. The van der Waals surface area contributed by atoms with Gasteiger partial charge in [0.1, 0.15) is 17.1 Å². The van der Waals surface area contributed by atoms with Crippen LogP contribution in [0.4, 0.5) is 13.2 Å². The van der Waals surface area contributed by atoms with Crippen molar-refractivity contribution < 1.29 is 41.0 Å². The summed E-state index contributed by atoms with van der Waals surface area (Å²) >= 11 is 0. The minimum absolute atomic E-state index is 0.0160. The summed E-state index contributed by atoms with van der Waals surface area (Å²) in [6.07, 6.45) is 1.33. The molecular weight excluding hydrogens is 714 g/mol. The summed E-state index contributed by atoms with van der Waals surface area (Å²) in [6, 6.07) is 9.87. The molecule has 1 saturated heterocycles. The number of aromatic nitrogens is 4. The lowest BCUT2D eigenvalue weighted by molar-refractivity contribution is -0.147. The van der Waals surface area contributed by atoms with E-state index < -0.39 is 44.9 Å². The van der Waals surface area contributed by atoms with Crippen LogP contribution in [-0.4, -0.2) is 86.7 Å². The van der Waals surface area contributed by atoms with Crippen molar-refractivity contribution in [3.8, 4) is 11.8 Å². The molecule has 0 radical (unpaired) electrons. The lowest BCUT2D eigenvalue weighted by atomic mass is 9.70. The molecule has 53 heavy (non-hydrogen) atoms. The molecule has 5 heterocycles. The average Bonchev–Trinajstić information content (AvgIpc) is 3.71. The fourth-order valence-electron chi connectivity index (χ4n) is 7.49. The van der Waals surface area contributed by atoms with E-state index >= 15 is 0 Å². The third-order valence-corrected chi connectivity index (χ3v) is 12.7. The molecule has 2 aliphatic heterocycles. The van der Waals surface area contributed by atoms with Crippen LogP contribution in [0.25, 0.3) is 5.65 Å². The van der Waals surface area contributed by atoms with Gasteiger partial charge in [0.15, 0.2) is 5.65 Å². The zero-order valence-electron chi connectivity index (χ0n) is 30.1. The number of ether oxygens (including phenoxy) is 2. The van der Waals surface area contributed by atoms with Crippen LogP contribution in [0.3, 0.4) is 0 Å². The Hall–Kier alpha value is -4.28. The number of sulfonamides is 1. The highest BCUT2D eigenvalue weighted by Gasteiger charge is 2.53. The van der Waals surface area contributed by atoms with Crippen molar-refractivity contribution in [2.45, 2.75) is 88.9 Å². The Morgan fingerprint density at radius 1 is 1.06 bits per heavy atom. The van der Waals surface area contributed by atoms with Gasteiger partial charge in [-0.25, -0.2) is 8.42 Å². The van der Waals surface area contributed by atoms with Gasteiger partial charge in [0.2, 0.25) is 27.6 Å². The number of hydrogen-bond acceptors (Lipinski definition) is 9. The highest BCUT2D eigenvalue weighted by Crippen LogP contribution is 2.47. The van der Waals surface area contributed by atoms with Gasteiger partial charge in [-0.3, -0.25) is 14.1 Å². The van der Waals surface area contributed by atoms with E-state index in [-0.39, 0.29) is 29.5 Å². The number of halogens is 3. The number of aliphatic carboxylic acids is 1. The minimum Gasteiger partial charge on any atom is -0.481 e. The van der Waals surface area contributed by atoms with E-state index in [1.54, 1.807) is 45.0 Å². The second-order valence-corrected chi connectivity index (χ2v) is 16.9. The second-order valence-electron chi connectivity index (χ2n) is 15.0. The largest absolute Gasteiger partial charge is 0.481 e. The Labute approximate surface area is 306 Å². The lowest BCUT2D eigenvalue weighted by Gasteiger charge is -2.33. The van der Waals surface area contributed by atoms with Gasteiger partial charge in [-0.1, -0.05) is 24.6 Å². The van der Waals surface area contributed by atoms with Crippen LogP contribution >= 0.6 is 0 Å². The number of piperidine rings is 1. The van der Waals surface area contributed by atoms with E-state index in [1.807, 2.05) is 6.92 Å². The van der Waals surface area contributed by atoms with Crippen LogP contribution < -0.4 is 9.47 Å². The fourth-order valence-corrected chi connectivity index (χ4v) is 9.03. The number of aryl methyl sites for hydroxylation is 2. The molecule has 3 aromatic heterocycles. The van der Waals surface area contributed by atoms with E-state index in [0.29, 0.717) is 47.6 Å². The molecule has 1 aromatic carbocycles. The first-order valence-electron chi connectivity index (χ1n) is 17.8. The van der Waals surface area contributed by atoms with Crippen LogP contribution in [0.5, 0.6) is 11.8 Å². The predicted octanol–water partition coefficient (Wildman–Crippen LogP) is 5.98. The first kappa shape index (κ1) is 37.1. The third kappa shape index (κ3) is 7.08. The molecule has 16 heteroatoms. The molecule has 284 valence electrons. The number of hydrogen-bond donors (Lipinski definition) is 1. The molecule has 1 spiro atoms. The van der Waals surface area contributed by atoms with Gasteiger partial charge in [0, 0.05) is 31.3 Å². The third-order valence-electron chi connectivity index (χ3n) is 10.9. The zero-order valence-corrected chi connectivity index (χ0v) is 30.9. The van der Waals surface area contributed by atoms with Crippen LogP contribution in [0.2, 0.25) is 0 Å². The number of fused-ring (bicyclic) bond motifs is 2. The van der Waals surface area contributed by atoms with Crippen LogP contribution in [0, 0.1) is 19.3 Å². The number of carboxylic acids is 1. The van der Waals surface area contributed by atoms with Crippen molar-refractivity contribution >= 4 is 21.6 Å². The Bertz CT molecular complexity index is 2160. The van der Waals surface area contributed by atoms with Gasteiger partial charge in [0.05, 0.1) is 12.0 Å². The number of carboxylic acid groups (broad SMARTS) is 1. The van der Waals surface area contributed by atoms with Gasteiger partial charge in [-0.2, -0.15) is 22.5 Å². The smallest absolute Gasteiger partial charge is 0.452 e. The van der Waals surface area contributed by atoms with Gasteiger partial charge >= 0.3 is 12.1 Å². The van der Waals surface area contributed by atoms with Gasteiger partial charge in [-0.15, -0.1) is 10.2 Å². The molecule has 3 aliphatic rings. The van der Waals surface area contributed by atoms with Crippen molar-refractivity contribution in [3.05, 3.63) is 76.2 Å². The van der Waals surface area contributed by atoms with Crippen molar-refractivity contribution in [1.29, 1.82) is 0 Å². The molecule has 0 bridgehead atoms. The molecule has 4 aromatic rings. The summed E-state index contributed by atoms with van der Waals surface area (Å²) in [5, 5.41) is 17.6. The first-order valence-corrected chi connectivity index (χ1v) is 19.2.